The summed E-state index contributed by atoms with van der Waals surface area (Å²) in [5.74, 6) is 1.26. The van der Waals surface area contributed by atoms with E-state index in [9.17, 15) is 13.2 Å². The van der Waals surface area contributed by atoms with E-state index < -0.39 is 6.43 Å². The van der Waals surface area contributed by atoms with Crippen molar-refractivity contribution in [3.8, 4) is 22.6 Å². The number of fused-ring (bicyclic) bond motifs is 5. The molecule has 0 atom stereocenters. The van der Waals surface area contributed by atoms with Crippen molar-refractivity contribution in [2.45, 2.75) is 26.8 Å². The topological polar surface area (TPSA) is 73.6 Å². The molecule has 0 aliphatic carbocycles. The molecule has 1 N–H and O–H groups in total. The average Bonchev–Trinajstić information content (AvgIpc) is 3.27. The molecule has 10 heteroatoms. The molecule has 1 aromatic carbocycles. The van der Waals surface area contributed by atoms with Gasteiger partial charge in [-0.2, -0.15) is 0 Å². The third-order valence-electron chi connectivity index (χ3n) is 5.68. The zero-order chi connectivity index (χ0) is 23.1. The van der Waals surface area contributed by atoms with Crippen molar-refractivity contribution in [2.75, 3.05) is 18.5 Å². The van der Waals surface area contributed by atoms with Gasteiger partial charge in [0.2, 0.25) is 0 Å². The van der Waals surface area contributed by atoms with Gasteiger partial charge in [-0.15, -0.1) is 10.2 Å². The van der Waals surface area contributed by atoms with Crippen LogP contribution in [0.4, 0.5) is 19.0 Å². The number of halogens is 3. The third kappa shape index (κ3) is 3.71. The number of aromatic nitrogens is 4. The Labute approximate surface area is 187 Å². The number of hydrogen-bond donors (Lipinski definition) is 1. The fourth-order valence-electron chi connectivity index (χ4n) is 3.98. The van der Waals surface area contributed by atoms with Crippen molar-refractivity contribution >= 4 is 11.5 Å². The maximum absolute atomic E-state index is 14.5. The lowest BCUT2D eigenvalue weighted by Gasteiger charge is -2.17. The van der Waals surface area contributed by atoms with Gasteiger partial charge in [0.05, 0.1) is 0 Å². The van der Waals surface area contributed by atoms with Crippen molar-refractivity contribution in [2.24, 2.45) is 0 Å². The Morgan fingerprint density at radius 3 is 2.58 bits per heavy atom. The normalized spacial score (nSPS) is 13.6. The van der Waals surface area contributed by atoms with Gasteiger partial charge in [0.15, 0.2) is 17.2 Å². The highest BCUT2D eigenvalue weighted by Crippen LogP contribution is 2.37. The van der Waals surface area contributed by atoms with Crippen LogP contribution in [-0.4, -0.2) is 32.8 Å². The van der Waals surface area contributed by atoms with E-state index in [0.29, 0.717) is 50.9 Å². The van der Waals surface area contributed by atoms with Crippen molar-refractivity contribution in [1.82, 2.24) is 19.6 Å². The van der Waals surface area contributed by atoms with Gasteiger partial charge < -0.3 is 14.8 Å². The van der Waals surface area contributed by atoms with Gasteiger partial charge >= 0.3 is 0 Å². The number of aryl methyl sites for hydroxylation is 1. The number of nitrogens with one attached hydrogen (secondary N) is 1. The van der Waals surface area contributed by atoms with Crippen LogP contribution in [0, 0.1) is 19.7 Å². The Bertz CT molecular complexity index is 1360. The fourth-order valence-corrected chi connectivity index (χ4v) is 3.98. The summed E-state index contributed by atoms with van der Waals surface area (Å²) in [5.41, 5.74) is 3.06. The van der Waals surface area contributed by atoms with Gasteiger partial charge in [-0.05, 0) is 43.7 Å². The molecule has 4 aromatic rings. The van der Waals surface area contributed by atoms with E-state index in [1.807, 2.05) is 6.92 Å². The quantitative estimate of drug-likeness (QED) is 0.465. The summed E-state index contributed by atoms with van der Waals surface area (Å²) >= 11 is 0. The Hall–Kier alpha value is -3.82. The largest absolute Gasteiger partial charge is 0.490 e. The first kappa shape index (κ1) is 21.0. The molecule has 4 heterocycles. The fraction of sp³-hybridized carbons (Fsp3) is 0.261. The minimum absolute atomic E-state index is 0.182. The number of rotatable bonds is 2. The number of pyridine rings is 2. The molecule has 170 valence electrons. The zero-order valence-electron chi connectivity index (χ0n) is 17.9. The molecular formula is C23H20F3N5O2. The van der Waals surface area contributed by atoms with Crippen LogP contribution in [0.5, 0.6) is 11.5 Å². The van der Waals surface area contributed by atoms with Crippen LogP contribution in [0.1, 0.15) is 28.9 Å². The molecule has 3 aromatic heterocycles. The molecule has 0 unspecified atom stereocenters. The summed E-state index contributed by atoms with van der Waals surface area (Å²) < 4.78 is 54.2. The molecule has 0 amide bonds. The highest BCUT2D eigenvalue weighted by Gasteiger charge is 2.21. The van der Waals surface area contributed by atoms with Crippen LogP contribution in [0.3, 0.4) is 0 Å². The summed E-state index contributed by atoms with van der Waals surface area (Å²) in [6.45, 7) is 4.14. The van der Waals surface area contributed by atoms with Gasteiger partial charge in [-0.25, -0.2) is 13.2 Å². The minimum atomic E-state index is -2.66. The molecule has 1 aliphatic rings. The smallest absolute Gasteiger partial charge is 0.280 e. The monoisotopic (exact) mass is 455 g/mol. The van der Waals surface area contributed by atoms with Gasteiger partial charge in [-0.3, -0.25) is 9.38 Å². The SMILES string of the molecule is Cc1nc(C(F)F)ccc1-c1cc2c(n3cnnc13)NCc1c(F)ccc(c1C)OCCO2. The number of ether oxygens (including phenoxy) is 2. The van der Waals surface area contributed by atoms with Gasteiger partial charge in [0.25, 0.3) is 6.43 Å². The molecule has 0 saturated carbocycles. The molecule has 1 aliphatic heterocycles. The van der Waals surface area contributed by atoms with Crippen LogP contribution in [-0.2, 0) is 6.54 Å². The molecule has 33 heavy (non-hydrogen) atoms. The van der Waals surface area contributed by atoms with Crippen molar-refractivity contribution in [3.05, 3.63) is 65.0 Å². The average molecular weight is 455 g/mol. The molecule has 7 nitrogen and oxygen atoms in total. The maximum atomic E-state index is 14.5. The van der Waals surface area contributed by atoms with Crippen LogP contribution in [0.2, 0.25) is 0 Å². The molecule has 5 rings (SSSR count). The standard InChI is InChI=1S/C23H20F3N5O2/c1-12-16-10-27-23-20(33-8-7-32-19(12)6-4-17(16)24)9-15(22-30-28-11-31(22)23)14-3-5-18(21(25)26)29-13(14)2/h3-6,9,11,21,27H,7-8,10H2,1-2H3. The van der Waals surface area contributed by atoms with Crippen LogP contribution < -0.4 is 14.8 Å². The minimum Gasteiger partial charge on any atom is -0.490 e. The van der Waals surface area contributed by atoms with E-state index in [1.165, 1.54) is 18.5 Å². The van der Waals surface area contributed by atoms with E-state index in [2.05, 4.69) is 20.5 Å². The number of alkyl halides is 2. The maximum Gasteiger partial charge on any atom is 0.280 e. The molecule has 0 radical (unpaired) electrons. The summed E-state index contributed by atoms with van der Waals surface area (Å²) in [6.07, 6.45) is -1.15. The molecule has 2 bridgehead atoms. The first-order valence-corrected chi connectivity index (χ1v) is 10.3. The number of hydrogen-bond acceptors (Lipinski definition) is 6. The van der Waals surface area contributed by atoms with Gasteiger partial charge in [-0.1, -0.05) is 6.07 Å². The van der Waals surface area contributed by atoms with Crippen LogP contribution in [0.15, 0.2) is 36.7 Å². The predicted molar refractivity (Wildman–Crippen MR) is 115 cm³/mol. The van der Waals surface area contributed by atoms with Gasteiger partial charge in [0, 0.05) is 28.9 Å². The molecule has 0 saturated heterocycles. The first-order chi connectivity index (χ1) is 15.9. The van der Waals surface area contributed by atoms with Crippen molar-refractivity contribution < 1.29 is 22.6 Å². The highest BCUT2D eigenvalue weighted by atomic mass is 19.3. The number of benzene rings is 1. The molecular weight excluding hydrogens is 435 g/mol. The first-order valence-electron chi connectivity index (χ1n) is 10.3. The Kier molecular flexibility index (Phi) is 5.27. The van der Waals surface area contributed by atoms with E-state index in [4.69, 9.17) is 9.47 Å². The second kappa shape index (κ2) is 8.27. The van der Waals surface area contributed by atoms with E-state index in [-0.39, 0.29) is 31.3 Å². The lowest BCUT2D eigenvalue weighted by Crippen LogP contribution is -2.11. The Balaban J connectivity index is 1.64. The van der Waals surface area contributed by atoms with Crippen molar-refractivity contribution in [3.63, 3.8) is 0 Å². The predicted octanol–water partition coefficient (Wildman–Crippen LogP) is 4.87. The van der Waals surface area contributed by atoms with Crippen LogP contribution >= 0.6 is 0 Å². The highest BCUT2D eigenvalue weighted by molar-refractivity contribution is 5.83. The zero-order valence-corrected chi connectivity index (χ0v) is 17.9. The summed E-state index contributed by atoms with van der Waals surface area (Å²) in [5, 5.41) is 11.5. The summed E-state index contributed by atoms with van der Waals surface area (Å²) in [7, 11) is 0. The van der Waals surface area contributed by atoms with E-state index >= 15 is 0 Å². The van der Waals surface area contributed by atoms with Crippen LogP contribution in [0.25, 0.3) is 16.8 Å². The third-order valence-corrected chi connectivity index (χ3v) is 5.68. The van der Waals surface area contributed by atoms with Gasteiger partial charge in [0.1, 0.15) is 36.8 Å². The second-order valence-electron chi connectivity index (χ2n) is 7.66. The molecule has 0 spiro atoms. The number of anilines is 1. The summed E-state index contributed by atoms with van der Waals surface area (Å²) in [6, 6.07) is 7.63. The number of nitrogens with zero attached hydrogens (tertiary/aromatic N) is 4. The lowest BCUT2D eigenvalue weighted by atomic mass is 10.0. The lowest BCUT2D eigenvalue weighted by molar-refractivity contribution is 0.146. The Morgan fingerprint density at radius 2 is 1.82 bits per heavy atom. The van der Waals surface area contributed by atoms with E-state index in [0.717, 1.165) is 0 Å². The molecule has 0 fully saturated rings. The van der Waals surface area contributed by atoms with E-state index in [1.54, 1.807) is 29.5 Å². The Morgan fingerprint density at radius 1 is 1.03 bits per heavy atom. The van der Waals surface area contributed by atoms with Crippen molar-refractivity contribution in [1.29, 1.82) is 0 Å². The summed E-state index contributed by atoms with van der Waals surface area (Å²) in [4.78, 5) is 4.03. The second-order valence-corrected chi connectivity index (χ2v) is 7.66.